The SMILES string of the molecule is COc1ccc2c(c1)C=C(C(=O)N1CC3(CC3=O)C[C@H]1C(O)Nc1ccc3c(C)cc(=O)oc3c1)Cn1c-2c(C2CCCCC2)c2ccc(C(=O)NS(=O)(=O)N(C)C)cc21. The van der Waals surface area contributed by atoms with Gasteiger partial charge in [0.05, 0.1) is 30.8 Å². The summed E-state index contributed by atoms with van der Waals surface area (Å²) in [7, 11) is 0.187. The molecule has 15 heteroatoms. The minimum Gasteiger partial charge on any atom is -0.497 e. The minimum atomic E-state index is -4.08. The number of nitrogens with one attached hydrogen (secondary N) is 2. The van der Waals surface area contributed by atoms with E-state index in [9.17, 15) is 27.9 Å². The van der Waals surface area contributed by atoms with Gasteiger partial charge in [0.25, 0.3) is 11.8 Å². The first-order chi connectivity index (χ1) is 28.7. The molecule has 312 valence electrons. The number of fused-ring (bicyclic) bond motifs is 6. The quantitative estimate of drug-likeness (QED) is 0.123. The van der Waals surface area contributed by atoms with Gasteiger partial charge < -0.3 is 29.0 Å². The van der Waals surface area contributed by atoms with Crippen LogP contribution < -0.4 is 20.4 Å². The van der Waals surface area contributed by atoms with Crippen molar-refractivity contribution in [3.8, 4) is 17.0 Å². The minimum absolute atomic E-state index is 0.0424. The summed E-state index contributed by atoms with van der Waals surface area (Å²) in [5.41, 5.74) is 5.23. The number of likely N-dealkylation sites (tertiary alicyclic amines) is 1. The zero-order chi connectivity index (χ0) is 42.2. The van der Waals surface area contributed by atoms with Crippen LogP contribution in [0.1, 0.15) is 77.9 Å². The Morgan fingerprint density at radius 1 is 1.00 bits per heavy atom. The fourth-order valence-corrected chi connectivity index (χ4v) is 10.1. The Hall–Kier alpha value is -5.77. The molecule has 9 rings (SSSR count). The maximum atomic E-state index is 15.2. The third-order valence-corrected chi connectivity index (χ3v) is 14.3. The molecule has 2 amide bonds. The molecular weight excluding hydrogens is 787 g/mol. The van der Waals surface area contributed by atoms with Gasteiger partial charge in [0.15, 0.2) is 0 Å². The van der Waals surface area contributed by atoms with Gasteiger partial charge >= 0.3 is 15.8 Å². The number of ether oxygens (including phenoxy) is 1. The number of ketones is 1. The second-order valence-electron chi connectivity index (χ2n) is 16.9. The molecule has 2 saturated carbocycles. The van der Waals surface area contributed by atoms with Gasteiger partial charge in [0.2, 0.25) is 0 Å². The number of amides is 2. The number of aliphatic hydroxyl groups excluding tert-OH is 1. The number of hydrogen-bond acceptors (Lipinski definition) is 10. The molecule has 4 aliphatic rings. The van der Waals surface area contributed by atoms with Gasteiger partial charge in [-0.25, -0.2) is 9.52 Å². The van der Waals surface area contributed by atoms with Crippen LogP contribution in [0.4, 0.5) is 5.69 Å². The fourth-order valence-electron chi connectivity index (χ4n) is 9.56. The molecule has 5 aromatic rings. The number of aryl methyl sites for hydroxylation is 1. The van der Waals surface area contributed by atoms with Crippen molar-refractivity contribution in [2.24, 2.45) is 5.41 Å². The normalized spacial score (nSPS) is 20.8. The van der Waals surface area contributed by atoms with Crippen LogP contribution in [0.25, 0.3) is 39.2 Å². The molecule has 60 heavy (non-hydrogen) atoms. The van der Waals surface area contributed by atoms with Crippen molar-refractivity contribution in [2.45, 2.75) is 76.6 Å². The van der Waals surface area contributed by atoms with Gasteiger partial charge in [-0.1, -0.05) is 25.3 Å². The summed E-state index contributed by atoms with van der Waals surface area (Å²) in [6, 6.07) is 16.8. The molecule has 3 fully saturated rings. The summed E-state index contributed by atoms with van der Waals surface area (Å²) in [6.07, 6.45) is 6.37. The average Bonchev–Trinajstić information content (AvgIpc) is 3.57. The van der Waals surface area contributed by atoms with Gasteiger partial charge in [-0.05, 0) is 97.3 Å². The molecule has 3 atom stereocenters. The van der Waals surface area contributed by atoms with E-state index in [0.29, 0.717) is 34.5 Å². The highest BCUT2D eigenvalue weighted by atomic mass is 32.2. The predicted molar refractivity (Wildman–Crippen MR) is 227 cm³/mol. The van der Waals surface area contributed by atoms with E-state index >= 15 is 4.79 Å². The zero-order valence-electron chi connectivity index (χ0n) is 33.9. The van der Waals surface area contributed by atoms with E-state index < -0.39 is 39.4 Å². The van der Waals surface area contributed by atoms with Crippen molar-refractivity contribution in [1.82, 2.24) is 18.5 Å². The van der Waals surface area contributed by atoms with Crippen LogP contribution in [0.3, 0.4) is 0 Å². The Labute approximate surface area is 347 Å². The highest BCUT2D eigenvalue weighted by molar-refractivity contribution is 7.87. The number of aliphatic hydroxyl groups is 1. The van der Waals surface area contributed by atoms with Gasteiger partial charge in [0, 0.05) is 77.9 Å². The van der Waals surface area contributed by atoms with Crippen molar-refractivity contribution < 1.29 is 37.1 Å². The van der Waals surface area contributed by atoms with E-state index in [1.807, 2.05) is 37.3 Å². The molecule has 0 radical (unpaired) electrons. The molecule has 14 nitrogen and oxygen atoms in total. The molecule has 2 aliphatic heterocycles. The van der Waals surface area contributed by atoms with Crippen LogP contribution >= 0.6 is 0 Å². The van der Waals surface area contributed by atoms with Crippen LogP contribution in [0, 0.1) is 12.3 Å². The molecule has 3 aromatic carbocycles. The summed E-state index contributed by atoms with van der Waals surface area (Å²) in [4.78, 5) is 55.4. The lowest BCUT2D eigenvalue weighted by molar-refractivity contribution is -0.129. The first kappa shape index (κ1) is 39.7. The van der Waals surface area contributed by atoms with E-state index in [1.165, 1.54) is 20.2 Å². The molecule has 0 bridgehead atoms. The number of Topliss-reactive ketones (excluding diaryl/α,β-unsaturated/α-hetero) is 1. The highest BCUT2D eigenvalue weighted by Gasteiger charge is 2.62. The number of nitrogens with zero attached hydrogens (tertiary/aromatic N) is 3. The number of carbonyl (C=O) groups excluding carboxylic acids is 3. The number of carbonyl (C=O) groups is 3. The van der Waals surface area contributed by atoms with Crippen molar-refractivity contribution in [3.05, 3.63) is 98.9 Å². The smallest absolute Gasteiger partial charge is 0.336 e. The Bertz CT molecular complexity index is 2840. The summed E-state index contributed by atoms with van der Waals surface area (Å²) in [6.45, 7) is 2.04. The molecule has 2 aromatic heterocycles. The molecular formula is C45H47N5O9S. The van der Waals surface area contributed by atoms with E-state index in [-0.39, 0.29) is 42.7 Å². The van der Waals surface area contributed by atoms with Crippen LogP contribution in [0.15, 0.2) is 75.4 Å². The lowest BCUT2D eigenvalue weighted by Gasteiger charge is -2.30. The summed E-state index contributed by atoms with van der Waals surface area (Å²) >= 11 is 0. The third kappa shape index (κ3) is 6.87. The number of anilines is 1. The second-order valence-corrected chi connectivity index (χ2v) is 18.8. The number of rotatable bonds is 9. The van der Waals surface area contributed by atoms with Crippen LogP contribution in [-0.4, -0.2) is 84.9 Å². The standard InChI is InChI=1S/C45H47N5O9S/c1-25-16-39(52)59-37-20-30(11-14-32(25)37)46-43(54)36-21-45(22-38(45)51)24-50(36)44(55)29-17-28-18-31(58-4)12-15-33(28)41-40(26-8-6-5-7-9-26)34-13-10-27(19-35(34)49(41)23-29)42(53)47-60(56,57)48(2)3/h10-20,26,36,43,46,54H,5-9,21-24H2,1-4H3,(H,47,53)/t36-,43?,45?/m0/s1. The summed E-state index contributed by atoms with van der Waals surface area (Å²) < 4.78 is 41.6. The third-order valence-electron chi connectivity index (χ3n) is 12.9. The predicted octanol–water partition coefficient (Wildman–Crippen LogP) is 5.70. The van der Waals surface area contributed by atoms with Crippen molar-refractivity contribution in [3.63, 3.8) is 0 Å². The Morgan fingerprint density at radius 2 is 1.75 bits per heavy atom. The van der Waals surface area contributed by atoms with Gasteiger partial charge in [-0.2, -0.15) is 12.7 Å². The maximum absolute atomic E-state index is 15.2. The molecule has 2 unspecified atom stereocenters. The lowest BCUT2D eigenvalue weighted by Crippen LogP contribution is -2.46. The topological polar surface area (TPSA) is 180 Å². The Kier molecular flexibility index (Phi) is 9.75. The summed E-state index contributed by atoms with van der Waals surface area (Å²) in [5, 5.41) is 16.6. The lowest BCUT2D eigenvalue weighted by atomic mass is 9.81. The zero-order valence-corrected chi connectivity index (χ0v) is 34.7. The van der Waals surface area contributed by atoms with Crippen LogP contribution in [0.5, 0.6) is 5.75 Å². The van der Waals surface area contributed by atoms with E-state index in [2.05, 4.69) is 14.6 Å². The van der Waals surface area contributed by atoms with E-state index in [4.69, 9.17) is 9.15 Å². The molecule has 2 aliphatic carbocycles. The maximum Gasteiger partial charge on any atom is 0.336 e. The van der Waals surface area contributed by atoms with Gasteiger partial charge in [-0.3, -0.25) is 14.4 Å². The van der Waals surface area contributed by atoms with E-state index in [1.54, 1.807) is 42.3 Å². The van der Waals surface area contributed by atoms with Crippen molar-refractivity contribution in [2.75, 3.05) is 33.1 Å². The summed E-state index contributed by atoms with van der Waals surface area (Å²) in [5.74, 6) is -0.290. The first-order valence-corrected chi connectivity index (χ1v) is 21.7. The van der Waals surface area contributed by atoms with Crippen LogP contribution in [-0.2, 0) is 26.3 Å². The highest BCUT2D eigenvalue weighted by Crippen LogP contribution is 2.53. The molecule has 4 heterocycles. The number of hydrogen-bond donors (Lipinski definition) is 3. The van der Waals surface area contributed by atoms with Gasteiger partial charge in [-0.15, -0.1) is 0 Å². The number of benzene rings is 3. The monoisotopic (exact) mass is 833 g/mol. The number of methoxy groups -OCH3 is 1. The van der Waals surface area contributed by atoms with Crippen LogP contribution in [0.2, 0.25) is 0 Å². The largest absolute Gasteiger partial charge is 0.497 e. The Morgan fingerprint density at radius 3 is 2.47 bits per heavy atom. The Balaban J connectivity index is 1.14. The second kappa shape index (κ2) is 14.7. The first-order valence-electron chi connectivity index (χ1n) is 20.3. The molecule has 1 saturated heterocycles. The van der Waals surface area contributed by atoms with Crippen molar-refractivity contribution in [1.29, 1.82) is 0 Å². The fraction of sp³-hybridized carbons (Fsp3) is 0.378. The molecule has 1 spiro atoms. The average molecular weight is 834 g/mol. The molecule has 3 N–H and O–H groups in total. The van der Waals surface area contributed by atoms with E-state index in [0.717, 1.165) is 75.1 Å². The number of aromatic nitrogens is 1. The van der Waals surface area contributed by atoms with Crippen molar-refractivity contribution >= 4 is 61.4 Å². The van der Waals surface area contributed by atoms with Gasteiger partial charge in [0.1, 0.15) is 23.3 Å².